The largest absolute Gasteiger partial charge is 0.573 e. The number of hydrogen-bond acceptors (Lipinski definition) is 5. The molecule has 3 rings (SSSR count). The van der Waals surface area contributed by atoms with Gasteiger partial charge in [0.15, 0.2) is 5.60 Å². The highest BCUT2D eigenvalue weighted by atomic mass is 19.4. The van der Waals surface area contributed by atoms with Crippen LogP contribution in [0.5, 0.6) is 17.2 Å². The molecule has 0 radical (unpaired) electrons. The lowest BCUT2D eigenvalue weighted by molar-refractivity contribution is -0.274. The van der Waals surface area contributed by atoms with Crippen molar-refractivity contribution < 1.29 is 37.3 Å². The predicted molar refractivity (Wildman–Crippen MR) is 114 cm³/mol. The van der Waals surface area contributed by atoms with Gasteiger partial charge in [-0.05, 0) is 74.9 Å². The highest BCUT2D eigenvalue weighted by molar-refractivity contribution is 5.76. The van der Waals surface area contributed by atoms with Gasteiger partial charge < -0.3 is 19.3 Å². The molecule has 6 nitrogen and oxygen atoms in total. The Morgan fingerprint density at radius 2 is 1.64 bits per heavy atom. The Morgan fingerprint density at radius 1 is 0.970 bits per heavy atom. The van der Waals surface area contributed by atoms with Crippen LogP contribution in [0.25, 0.3) is 11.3 Å². The van der Waals surface area contributed by atoms with Crippen molar-refractivity contribution in [3.05, 3.63) is 71.9 Å². The first-order valence-electron chi connectivity index (χ1n) is 9.90. The summed E-state index contributed by atoms with van der Waals surface area (Å²) in [5.74, 6) is -0.331. The topological polar surface area (TPSA) is 77.9 Å². The lowest BCUT2D eigenvalue weighted by Gasteiger charge is -2.23. The summed E-state index contributed by atoms with van der Waals surface area (Å²) in [5.41, 5.74) is 1.41. The summed E-state index contributed by atoms with van der Waals surface area (Å²) in [6.07, 6.45) is -3.11. The zero-order valence-electron chi connectivity index (χ0n) is 18.1. The Labute approximate surface area is 188 Å². The maximum absolute atomic E-state index is 12.3. The minimum Gasteiger partial charge on any atom is -0.489 e. The molecule has 0 fully saturated rings. The van der Waals surface area contributed by atoms with Crippen LogP contribution in [0, 0.1) is 6.92 Å². The lowest BCUT2D eigenvalue weighted by Crippen LogP contribution is -2.38. The van der Waals surface area contributed by atoms with E-state index >= 15 is 0 Å². The highest BCUT2D eigenvalue weighted by Gasteiger charge is 2.31. The Kier molecular flexibility index (Phi) is 6.81. The maximum Gasteiger partial charge on any atom is 0.573 e. The molecule has 2 aromatic carbocycles. The molecule has 0 spiro atoms. The molecule has 0 saturated carbocycles. The summed E-state index contributed by atoms with van der Waals surface area (Å²) >= 11 is 0. The Bertz CT molecular complexity index is 1110. The summed E-state index contributed by atoms with van der Waals surface area (Å²) < 4.78 is 52.0. The molecule has 0 amide bonds. The van der Waals surface area contributed by atoms with Crippen molar-refractivity contribution in [2.75, 3.05) is 0 Å². The van der Waals surface area contributed by atoms with Gasteiger partial charge >= 0.3 is 12.3 Å². The molecule has 9 heteroatoms. The lowest BCUT2D eigenvalue weighted by atomic mass is 10.1. The molecule has 174 valence electrons. The Morgan fingerprint density at radius 3 is 2.18 bits per heavy atom. The molecule has 1 aromatic heterocycles. The monoisotopic (exact) mass is 461 g/mol. The van der Waals surface area contributed by atoms with Gasteiger partial charge in [-0.1, -0.05) is 6.07 Å². The number of pyridine rings is 1. The van der Waals surface area contributed by atoms with Crippen LogP contribution in [0.4, 0.5) is 13.2 Å². The van der Waals surface area contributed by atoms with E-state index in [-0.39, 0.29) is 12.4 Å². The molecule has 0 aliphatic rings. The van der Waals surface area contributed by atoms with Crippen molar-refractivity contribution in [2.24, 2.45) is 0 Å². The van der Waals surface area contributed by atoms with Gasteiger partial charge in [-0.25, -0.2) is 4.79 Å². The zero-order chi connectivity index (χ0) is 24.2. The quantitative estimate of drug-likeness (QED) is 0.459. The number of aromatic nitrogens is 1. The van der Waals surface area contributed by atoms with Crippen LogP contribution >= 0.6 is 0 Å². The number of carboxylic acid groups (broad SMARTS) is 1. The number of halogens is 3. The second-order valence-electron chi connectivity index (χ2n) is 7.76. The molecular weight excluding hydrogens is 439 g/mol. The van der Waals surface area contributed by atoms with Gasteiger partial charge in [0, 0.05) is 17.3 Å². The van der Waals surface area contributed by atoms with Gasteiger partial charge in [-0.2, -0.15) is 0 Å². The van der Waals surface area contributed by atoms with Gasteiger partial charge in [-0.3, -0.25) is 4.98 Å². The van der Waals surface area contributed by atoms with E-state index in [0.717, 1.165) is 11.1 Å². The number of ether oxygens (including phenoxy) is 3. The number of aliphatic carboxylic acids is 1. The molecule has 0 aliphatic carbocycles. The van der Waals surface area contributed by atoms with E-state index in [2.05, 4.69) is 9.72 Å². The first-order valence-corrected chi connectivity index (χ1v) is 9.90. The summed E-state index contributed by atoms with van der Waals surface area (Å²) in [6.45, 7) is 4.98. The van der Waals surface area contributed by atoms with Crippen LogP contribution in [-0.2, 0) is 11.4 Å². The molecule has 0 unspecified atom stereocenters. The summed E-state index contributed by atoms with van der Waals surface area (Å²) in [4.78, 5) is 15.6. The van der Waals surface area contributed by atoms with E-state index in [1.54, 1.807) is 37.4 Å². The molecular formula is C24H22F3NO5. The number of benzene rings is 2. The molecule has 0 aliphatic heterocycles. The molecule has 0 atom stereocenters. The molecule has 33 heavy (non-hydrogen) atoms. The predicted octanol–water partition coefficient (Wildman–Crippen LogP) is 5.78. The van der Waals surface area contributed by atoms with E-state index in [4.69, 9.17) is 9.47 Å². The van der Waals surface area contributed by atoms with Crippen molar-refractivity contribution in [2.45, 2.75) is 39.3 Å². The van der Waals surface area contributed by atoms with Gasteiger partial charge in [0.1, 0.15) is 23.9 Å². The van der Waals surface area contributed by atoms with Gasteiger partial charge in [0.05, 0.1) is 5.69 Å². The van der Waals surface area contributed by atoms with E-state index in [1.165, 1.54) is 38.1 Å². The van der Waals surface area contributed by atoms with Gasteiger partial charge in [0.25, 0.3) is 0 Å². The third kappa shape index (κ3) is 6.61. The first kappa shape index (κ1) is 23.9. The molecule has 1 N–H and O–H groups in total. The van der Waals surface area contributed by atoms with E-state index < -0.39 is 17.9 Å². The van der Waals surface area contributed by atoms with Crippen molar-refractivity contribution in [3.8, 4) is 28.5 Å². The van der Waals surface area contributed by atoms with Crippen LogP contribution in [0.2, 0.25) is 0 Å². The second-order valence-corrected chi connectivity index (χ2v) is 7.76. The normalized spacial score (nSPS) is 11.7. The second kappa shape index (κ2) is 9.40. The van der Waals surface area contributed by atoms with Gasteiger partial charge in [-0.15, -0.1) is 13.2 Å². The van der Waals surface area contributed by atoms with E-state index in [1.807, 2.05) is 6.07 Å². The number of carbonyl (C=O) groups is 1. The maximum atomic E-state index is 12.3. The van der Waals surface area contributed by atoms with Crippen LogP contribution < -0.4 is 14.2 Å². The third-order valence-electron chi connectivity index (χ3n) is 4.64. The molecule has 0 bridgehead atoms. The average molecular weight is 461 g/mol. The standard InChI is InChI=1S/C24H22F3NO5/c1-15-12-19(9-11-21(15)33-23(2,3)22(29)30)31-14-16-4-10-20(28-13-16)17-5-7-18(8-6-17)32-24(25,26)27/h4-13H,14H2,1-3H3,(H,29,30). The summed E-state index contributed by atoms with van der Waals surface area (Å²) in [5, 5.41) is 9.20. The zero-order valence-corrected chi connectivity index (χ0v) is 18.1. The fourth-order valence-corrected chi connectivity index (χ4v) is 2.82. The van der Waals surface area contributed by atoms with Crippen molar-refractivity contribution in [1.29, 1.82) is 0 Å². The number of alkyl halides is 3. The van der Waals surface area contributed by atoms with Crippen LogP contribution in [0.15, 0.2) is 60.8 Å². The third-order valence-corrected chi connectivity index (χ3v) is 4.64. The van der Waals surface area contributed by atoms with E-state index in [0.29, 0.717) is 22.8 Å². The number of aryl methyl sites for hydroxylation is 1. The molecule has 0 saturated heterocycles. The van der Waals surface area contributed by atoms with Crippen molar-refractivity contribution in [3.63, 3.8) is 0 Å². The Hall–Kier alpha value is -3.75. The Balaban J connectivity index is 1.60. The van der Waals surface area contributed by atoms with Crippen molar-refractivity contribution in [1.82, 2.24) is 4.98 Å². The van der Waals surface area contributed by atoms with Gasteiger partial charge in [0.2, 0.25) is 0 Å². The number of nitrogens with zero attached hydrogens (tertiary/aromatic N) is 1. The number of hydrogen-bond donors (Lipinski definition) is 1. The summed E-state index contributed by atoms with van der Waals surface area (Å²) in [7, 11) is 0. The van der Waals surface area contributed by atoms with Crippen molar-refractivity contribution >= 4 is 5.97 Å². The molecule has 3 aromatic rings. The first-order chi connectivity index (χ1) is 15.4. The fraction of sp³-hybridized carbons (Fsp3) is 0.250. The highest BCUT2D eigenvalue weighted by Crippen LogP contribution is 2.28. The molecule has 1 heterocycles. The van der Waals surface area contributed by atoms with E-state index in [9.17, 15) is 23.1 Å². The average Bonchev–Trinajstić information content (AvgIpc) is 2.74. The number of rotatable bonds is 8. The smallest absolute Gasteiger partial charge is 0.489 e. The van der Waals surface area contributed by atoms with Crippen LogP contribution in [0.3, 0.4) is 0 Å². The minimum absolute atomic E-state index is 0.242. The SMILES string of the molecule is Cc1cc(OCc2ccc(-c3ccc(OC(F)(F)F)cc3)nc2)ccc1OC(C)(C)C(=O)O. The minimum atomic E-state index is -4.73. The number of carboxylic acids is 1. The van der Waals surface area contributed by atoms with Crippen LogP contribution in [-0.4, -0.2) is 28.0 Å². The fourth-order valence-electron chi connectivity index (χ4n) is 2.82. The summed E-state index contributed by atoms with van der Waals surface area (Å²) in [6, 6.07) is 14.1. The van der Waals surface area contributed by atoms with Crippen LogP contribution in [0.1, 0.15) is 25.0 Å².